The van der Waals surface area contributed by atoms with Crippen molar-refractivity contribution in [2.24, 2.45) is 10.9 Å². The van der Waals surface area contributed by atoms with E-state index in [4.69, 9.17) is 0 Å². The Balaban J connectivity index is 1.44. The summed E-state index contributed by atoms with van der Waals surface area (Å²) in [6, 6.07) is 0.613. The zero-order valence-electron chi connectivity index (χ0n) is 19.1. The molecule has 0 bridgehead atoms. The fourth-order valence-electron chi connectivity index (χ4n) is 5.06. The Morgan fingerprint density at radius 3 is 2.28 bits per heavy atom. The SMILES string of the molecule is CN=C(NC[C@H]1CCCN1CC(C)C)N1CCN(C(C)C(=O)N2CCCC2)CC1. The number of nitrogens with one attached hydrogen (secondary N) is 1. The summed E-state index contributed by atoms with van der Waals surface area (Å²) in [4.78, 5) is 26.6. The lowest BCUT2D eigenvalue weighted by Gasteiger charge is -2.40. The summed E-state index contributed by atoms with van der Waals surface area (Å²) in [7, 11) is 1.88. The van der Waals surface area contributed by atoms with E-state index in [9.17, 15) is 4.79 Å². The molecular weight excluding hydrogens is 364 g/mol. The first kappa shape index (κ1) is 22.3. The van der Waals surface area contributed by atoms with Crippen molar-refractivity contribution in [2.75, 3.05) is 66.0 Å². The molecule has 1 unspecified atom stereocenters. The highest BCUT2D eigenvalue weighted by Gasteiger charge is 2.31. The van der Waals surface area contributed by atoms with Gasteiger partial charge in [0.2, 0.25) is 5.91 Å². The maximum absolute atomic E-state index is 12.7. The smallest absolute Gasteiger partial charge is 0.239 e. The van der Waals surface area contributed by atoms with Crippen molar-refractivity contribution in [1.29, 1.82) is 0 Å². The van der Waals surface area contributed by atoms with Gasteiger partial charge in [0.25, 0.3) is 0 Å². The third-order valence-corrected chi connectivity index (χ3v) is 6.74. The predicted octanol–water partition coefficient (Wildman–Crippen LogP) is 1.31. The monoisotopic (exact) mass is 406 g/mol. The van der Waals surface area contributed by atoms with Crippen LogP contribution in [0.3, 0.4) is 0 Å². The largest absolute Gasteiger partial charge is 0.355 e. The number of amides is 1. The molecule has 0 aromatic heterocycles. The first-order valence-corrected chi connectivity index (χ1v) is 11.7. The molecular formula is C22H42N6O. The zero-order valence-corrected chi connectivity index (χ0v) is 19.1. The summed E-state index contributed by atoms with van der Waals surface area (Å²) in [5, 5.41) is 3.64. The van der Waals surface area contributed by atoms with Gasteiger partial charge in [-0.05, 0) is 45.1 Å². The first-order valence-electron chi connectivity index (χ1n) is 11.7. The molecule has 7 heteroatoms. The van der Waals surface area contributed by atoms with Gasteiger partial charge >= 0.3 is 0 Å². The maximum Gasteiger partial charge on any atom is 0.239 e. The number of rotatable bonds is 6. The van der Waals surface area contributed by atoms with Crippen LogP contribution in [0.25, 0.3) is 0 Å². The molecule has 2 atom stereocenters. The highest BCUT2D eigenvalue weighted by Crippen LogP contribution is 2.18. The molecule has 0 aromatic rings. The summed E-state index contributed by atoms with van der Waals surface area (Å²) in [6.45, 7) is 15.6. The molecule has 7 nitrogen and oxygen atoms in total. The highest BCUT2D eigenvalue weighted by molar-refractivity contribution is 5.82. The lowest BCUT2D eigenvalue weighted by molar-refractivity contribution is -0.135. The van der Waals surface area contributed by atoms with Crippen LogP contribution in [0.1, 0.15) is 46.5 Å². The average Bonchev–Trinajstić information content (AvgIpc) is 3.40. The van der Waals surface area contributed by atoms with Crippen LogP contribution in [-0.2, 0) is 4.79 Å². The minimum absolute atomic E-state index is 0.00620. The van der Waals surface area contributed by atoms with Gasteiger partial charge in [-0.15, -0.1) is 0 Å². The lowest BCUT2D eigenvalue weighted by atomic mass is 10.1. The Hall–Kier alpha value is -1.34. The van der Waals surface area contributed by atoms with E-state index in [2.05, 4.69) is 45.8 Å². The highest BCUT2D eigenvalue weighted by atomic mass is 16.2. The molecule has 166 valence electrons. The average molecular weight is 407 g/mol. The first-order chi connectivity index (χ1) is 14.0. The van der Waals surface area contributed by atoms with Gasteiger partial charge in [-0.25, -0.2) is 0 Å². The quantitative estimate of drug-likeness (QED) is 0.532. The van der Waals surface area contributed by atoms with E-state index in [-0.39, 0.29) is 6.04 Å². The zero-order chi connectivity index (χ0) is 20.8. The molecule has 29 heavy (non-hydrogen) atoms. The lowest BCUT2D eigenvalue weighted by Crippen LogP contribution is -2.57. The third kappa shape index (κ3) is 5.85. The molecule has 3 fully saturated rings. The number of hydrogen-bond acceptors (Lipinski definition) is 4. The maximum atomic E-state index is 12.7. The number of hydrogen-bond donors (Lipinski definition) is 1. The van der Waals surface area contributed by atoms with Crippen molar-refractivity contribution < 1.29 is 4.79 Å². The Morgan fingerprint density at radius 2 is 1.66 bits per heavy atom. The molecule has 0 radical (unpaired) electrons. The molecule has 3 saturated heterocycles. The van der Waals surface area contributed by atoms with Gasteiger partial charge in [-0.2, -0.15) is 0 Å². The van der Waals surface area contributed by atoms with E-state index < -0.39 is 0 Å². The van der Waals surface area contributed by atoms with Gasteiger partial charge in [0.1, 0.15) is 0 Å². The predicted molar refractivity (Wildman–Crippen MR) is 119 cm³/mol. The summed E-state index contributed by atoms with van der Waals surface area (Å²) in [5.41, 5.74) is 0. The van der Waals surface area contributed by atoms with Crippen molar-refractivity contribution in [3.05, 3.63) is 0 Å². The second kappa shape index (κ2) is 10.6. The van der Waals surface area contributed by atoms with E-state index >= 15 is 0 Å². The molecule has 3 aliphatic heterocycles. The molecule has 1 N–H and O–H groups in total. The van der Waals surface area contributed by atoms with Crippen molar-refractivity contribution in [1.82, 2.24) is 24.9 Å². The van der Waals surface area contributed by atoms with E-state index in [1.807, 2.05) is 11.9 Å². The van der Waals surface area contributed by atoms with E-state index in [0.717, 1.165) is 64.6 Å². The van der Waals surface area contributed by atoms with Crippen LogP contribution in [0.5, 0.6) is 0 Å². The van der Waals surface area contributed by atoms with Gasteiger partial charge in [-0.3, -0.25) is 19.6 Å². The summed E-state index contributed by atoms with van der Waals surface area (Å²) in [6.07, 6.45) is 4.90. The Bertz CT molecular complexity index is 552. The fraction of sp³-hybridized carbons (Fsp3) is 0.909. The number of aliphatic imine (C=N–C) groups is 1. The van der Waals surface area contributed by atoms with Crippen LogP contribution < -0.4 is 5.32 Å². The Morgan fingerprint density at radius 1 is 0.966 bits per heavy atom. The number of guanidine groups is 1. The molecule has 3 aliphatic rings. The number of nitrogens with zero attached hydrogens (tertiary/aromatic N) is 5. The van der Waals surface area contributed by atoms with E-state index in [0.29, 0.717) is 17.9 Å². The van der Waals surface area contributed by atoms with Crippen LogP contribution in [0.2, 0.25) is 0 Å². The second-order valence-electron chi connectivity index (χ2n) is 9.34. The van der Waals surface area contributed by atoms with Crippen molar-refractivity contribution >= 4 is 11.9 Å². The molecule has 3 rings (SSSR count). The molecule has 0 spiro atoms. The van der Waals surface area contributed by atoms with Crippen LogP contribution in [-0.4, -0.2) is 110 Å². The Kier molecular flexibility index (Phi) is 8.18. The number of carbonyl (C=O) groups excluding carboxylic acids is 1. The third-order valence-electron chi connectivity index (χ3n) is 6.74. The molecule has 0 aromatic carbocycles. The summed E-state index contributed by atoms with van der Waals surface area (Å²) < 4.78 is 0. The number of likely N-dealkylation sites (tertiary alicyclic amines) is 2. The molecule has 0 aliphatic carbocycles. The second-order valence-corrected chi connectivity index (χ2v) is 9.34. The van der Waals surface area contributed by atoms with Crippen LogP contribution >= 0.6 is 0 Å². The van der Waals surface area contributed by atoms with Gasteiger partial charge in [0, 0.05) is 65.4 Å². The number of piperazine rings is 1. The Labute approximate surface area is 177 Å². The number of carbonyl (C=O) groups is 1. The fourth-order valence-corrected chi connectivity index (χ4v) is 5.06. The van der Waals surface area contributed by atoms with Crippen molar-refractivity contribution in [3.8, 4) is 0 Å². The summed E-state index contributed by atoms with van der Waals surface area (Å²) >= 11 is 0. The van der Waals surface area contributed by atoms with Gasteiger partial charge < -0.3 is 15.1 Å². The topological polar surface area (TPSA) is 54.4 Å². The van der Waals surface area contributed by atoms with Crippen LogP contribution in [0, 0.1) is 5.92 Å². The van der Waals surface area contributed by atoms with Gasteiger partial charge in [-0.1, -0.05) is 13.8 Å². The van der Waals surface area contributed by atoms with E-state index in [1.54, 1.807) is 0 Å². The van der Waals surface area contributed by atoms with Crippen molar-refractivity contribution in [2.45, 2.75) is 58.5 Å². The van der Waals surface area contributed by atoms with Gasteiger partial charge in [0.15, 0.2) is 5.96 Å². The van der Waals surface area contributed by atoms with Crippen molar-refractivity contribution in [3.63, 3.8) is 0 Å². The molecule has 0 saturated carbocycles. The standard InChI is InChI=1S/C22H42N6O/c1-18(2)17-28-11-7-8-20(28)16-24-22(23-4)27-14-12-25(13-15-27)19(3)21(29)26-9-5-6-10-26/h18-20H,5-17H2,1-4H3,(H,23,24)/t19?,20-/m1/s1. The van der Waals surface area contributed by atoms with Crippen LogP contribution in [0.15, 0.2) is 4.99 Å². The minimum Gasteiger partial charge on any atom is -0.355 e. The van der Waals surface area contributed by atoms with Crippen LogP contribution in [0.4, 0.5) is 0 Å². The molecule has 1 amide bonds. The molecule has 3 heterocycles. The summed E-state index contributed by atoms with van der Waals surface area (Å²) in [5.74, 6) is 2.04. The minimum atomic E-state index is -0.00620. The normalized spacial score (nSPS) is 25.8. The van der Waals surface area contributed by atoms with E-state index in [1.165, 1.54) is 25.9 Å². The van der Waals surface area contributed by atoms with Gasteiger partial charge in [0.05, 0.1) is 6.04 Å².